The second-order valence-corrected chi connectivity index (χ2v) is 4.28. The van der Waals surface area contributed by atoms with Crippen molar-refractivity contribution in [2.45, 2.75) is 0 Å². The van der Waals surface area contributed by atoms with Crippen LogP contribution in [0.2, 0.25) is 0 Å². The molecule has 1 heterocycles. The molecule has 5 heteroatoms. The van der Waals surface area contributed by atoms with Crippen LogP contribution in [0.15, 0.2) is 28.7 Å². The van der Waals surface area contributed by atoms with Gasteiger partial charge in [-0.3, -0.25) is 4.68 Å². The van der Waals surface area contributed by atoms with Crippen molar-refractivity contribution >= 4 is 21.7 Å². The number of hydrogen-bond donors (Lipinski definition) is 1. The zero-order chi connectivity index (χ0) is 11.7. The Hall–Kier alpha value is -1.49. The van der Waals surface area contributed by atoms with Gasteiger partial charge in [0.05, 0.1) is 17.3 Å². The molecule has 4 nitrogen and oxygen atoms in total. The van der Waals surface area contributed by atoms with Gasteiger partial charge in [0.1, 0.15) is 11.6 Å². The number of aryl methyl sites for hydroxylation is 1. The van der Waals surface area contributed by atoms with E-state index < -0.39 is 0 Å². The molecule has 2 rings (SSSR count). The summed E-state index contributed by atoms with van der Waals surface area (Å²) in [7, 11) is 3.45. The summed E-state index contributed by atoms with van der Waals surface area (Å²) in [5.74, 6) is 1.42. The van der Waals surface area contributed by atoms with E-state index in [1.54, 1.807) is 11.8 Å². The number of hydrogen-bond acceptors (Lipinski definition) is 3. The maximum Gasteiger partial charge on any atom is 0.133 e. The second-order valence-electron chi connectivity index (χ2n) is 3.43. The highest BCUT2D eigenvalue weighted by atomic mass is 79.9. The minimum Gasteiger partial charge on any atom is -0.496 e. The first kappa shape index (κ1) is 11.0. The number of nitrogen functional groups attached to an aromatic ring is 1. The number of anilines is 1. The van der Waals surface area contributed by atoms with Crippen molar-refractivity contribution in [3.8, 4) is 17.0 Å². The quantitative estimate of drug-likeness (QED) is 0.920. The third-order valence-corrected chi connectivity index (χ3v) is 3.02. The molecule has 0 aliphatic rings. The van der Waals surface area contributed by atoms with E-state index in [1.165, 1.54) is 0 Å². The normalized spacial score (nSPS) is 10.4. The molecule has 0 bridgehead atoms. The van der Waals surface area contributed by atoms with E-state index in [0.717, 1.165) is 21.5 Å². The monoisotopic (exact) mass is 281 g/mol. The number of benzene rings is 1. The predicted octanol–water partition coefficient (Wildman–Crippen LogP) is 2.44. The molecular formula is C11H12BrN3O. The fourth-order valence-electron chi connectivity index (χ4n) is 1.44. The lowest BCUT2D eigenvalue weighted by atomic mass is 10.1. The van der Waals surface area contributed by atoms with E-state index in [0.29, 0.717) is 5.82 Å². The minimum absolute atomic E-state index is 0.636. The molecule has 84 valence electrons. The summed E-state index contributed by atoms with van der Waals surface area (Å²) in [4.78, 5) is 0. The summed E-state index contributed by atoms with van der Waals surface area (Å²) in [5.41, 5.74) is 7.56. The third-order valence-electron chi connectivity index (χ3n) is 2.36. The molecule has 0 radical (unpaired) electrons. The van der Waals surface area contributed by atoms with Crippen molar-refractivity contribution in [2.24, 2.45) is 7.05 Å². The highest BCUT2D eigenvalue weighted by molar-refractivity contribution is 9.10. The molecule has 1 aromatic heterocycles. The van der Waals surface area contributed by atoms with Crippen molar-refractivity contribution in [3.63, 3.8) is 0 Å². The number of nitrogens with zero attached hydrogens (tertiary/aromatic N) is 2. The second kappa shape index (κ2) is 4.17. The Morgan fingerprint density at radius 2 is 2.12 bits per heavy atom. The number of halogens is 1. The Morgan fingerprint density at radius 1 is 1.38 bits per heavy atom. The highest BCUT2D eigenvalue weighted by Crippen LogP contribution is 2.30. The van der Waals surface area contributed by atoms with Crippen LogP contribution >= 0.6 is 15.9 Å². The van der Waals surface area contributed by atoms with Crippen LogP contribution in [-0.2, 0) is 7.05 Å². The van der Waals surface area contributed by atoms with E-state index in [4.69, 9.17) is 10.5 Å². The molecule has 2 N–H and O–H groups in total. The SMILES string of the molecule is COc1cc(-c2cc(N)n(C)n2)ccc1Br. The standard InChI is InChI=1S/C11H12BrN3O/c1-15-11(13)6-9(14-15)7-3-4-8(12)10(5-7)16-2/h3-6H,13H2,1-2H3. The van der Waals surface area contributed by atoms with Gasteiger partial charge in [0.2, 0.25) is 0 Å². The molecule has 0 unspecified atom stereocenters. The molecule has 0 saturated heterocycles. The van der Waals surface area contributed by atoms with Crippen LogP contribution in [0.1, 0.15) is 0 Å². The Labute approximate surface area is 102 Å². The first-order valence-corrected chi connectivity index (χ1v) is 5.54. The lowest BCUT2D eigenvalue weighted by Crippen LogP contribution is -1.96. The van der Waals surface area contributed by atoms with Gasteiger partial charge >= 0.3 is 0 Å². The lowest BCUT2D eigenvalue weighted by Gasteiger charge is -2.04. The Kier molecular flexibility index (Phi) is 2.87. The molecule has 2 aromatic rings. The summed E-state index contributed by atoms with van der Waals surface area (Å²) in [6.07, 6.45) is 0. The molecule has 0 aliphatic heterocycles. The average Bonchev–Trinajstić information content (AvgIpc) is 2.60. The zero-order valence-electron chi connectivity index (χ0n) is 9.07. The van der Waals surface area contributed by atoms with E-state index in [2.05, 4.69) is 21.0 Å². The minimum atomic E-state index is 0.636. The summed E-state index contributed by atoms with van der Waals surface area (Å²) < 4.78 is 7.79. The molecule has 0 saturated carbocycles. The van der Waals surface area contributed by atoms with Crippen LogP contribution in [0.3, 0.4) is 0 Å². The van der Waals surface area contributed by atoms with Crippen molar-refractivity contribution < 1.29 is 4.74 Å². The van der Waals surface area contributed by atoms with Gasteiger partial charge in [-0.2, -0.15) is 5.10 Å². The Bertz CT molecular complexity index is 502. The van der Waals surface area contributed by atoms with E-state index >= 15 is 0 Å². The molecule has 0 aliphatic carbocycles. The number of rotatable bonds is 2. The fourth-order valence-corrected chi connectivity index (χ4v) is 1.85. The first-order chi connectivity index (χ1) is 7.61. The van der Waals surface area contributed by atoms with E-state index in [9.17, 15) is 0 Å². The third kappa shape index (κ3) is 1.90. The summed E-state index contributed by atoms with van der Waals surface area (Å²) in [6.45, 7) is 0. The van der Waals surface area contributed by atoms with Crippen LogP contribution in [0.5, 0.6) is 5.75 Å². The Morgan fingerprint density at radius 3 is 2.69 bits per heavy atom. The van der Waals surface area contributed by atoms with Gasteiger partial charge in [-0.15, -0.1) is 0 Å². The zero-order valence-corrected chi connectivity index (χ0v) is 10.7. The van der Waals surface area contributed by atoms with Crippen LogP contribution in [0, 0.1) is 0 Å². The van der Waals surface area contributed by atoms with Crippen LogP contribution in [-0.4, -0.2) is 16.9 Å². The maximum atomic E-state index is 5.74. The number of methoxy groups -OCH3 is 1. The summed E-state index contributed by atoms with van der Waals surface area (Å²) in [6, 6.07) is 7.65. The van der Waals surface area contributed by atoms with E-state index in [-0.39, 0.29) is 0 Å². The summed E-state index contributed by atoms with van der Waals surface area (Å²) in [5, 5.41) is 4.31. The number of ether oxygens (including phenoxy) is 1. The topological polar surface area (TPSA) is 53.1 Å². The smallest absolute Gasteiger partial charge is 0.133 e. The molecule has 16 heavy (non-hydrogen) atoms. The van der Waals surface area contributed by atoms with Gasteiger partial charge in [0, 0.05) is 18.7 Å². The molecule has 0 amide bonds. The van der Waals surface area contributed by atoms with Crippen LogP contribution in [0.4, 0.5) is 5.82 Å². The van der Waals surface area contributed by atoms with Crippen molar-refractivity contribution in [1.29, 1.82) is 0 Å². The Balaban J connectivity index is 2.48. The lowest BCUT2D eigenvalue weighted by molar-refractivity contribution is 0.412. The maximum absolute atomic E-state index is 5.74. The number of nitrogens with two attached hydrogens (primary N) is 1. The molecule has 0 atom stereocenters. The van der Waals surface area contributed by atoms with Gasteiger partial charge in [-0.25, -0.2) is 0 Å². The van der Waals surface area contributed by atoms with E-state index in [1.807, 2.05) is 31.3 Å². The van der Waals surface area contributed by atoms with Crippen molar-refractivity contribution in [1.82, 2.24) is 9.78 Å². The van der Waals surface area contributed by atoms with Gasteiger partial charge in [0.15, 0.2) is 0 Å². The van der Waals surface area contributed by atoms with Gasteiger partial charge in [0.25, 0.3) is 0 Å². The molecule has 0 spiro atoms. The van der Waals surface area contributed by atoms with Crippen LogP contribution < -0.4 is 10.5 Å². The van der Waals surface area contributed by atoms with Crippen molar-refractivity contribution in [2.75, 3.05) is 12.8 Å². The highest BCUT2D eigenvalue weighted by Gasteiger charge is 2.07. The van der Waals surface area contributed by atoms with Crippen molar-refractivity contribution in [3.05, 3.63) is 28.7 Å². The van der Waals surface area contributed by atoms with Gasteiger partial charge < -0.3 is 10.5 Å². The molecular weight excluding hydrogens is 270 g/mol. The fraction of sp³-hybridized carbons (Fsp3) is 0.182. The van der Waals surface area contributed by atoms with Gasteiger partial charge in [-0.05, 0) is 28.1 Å². The summed E-state index contributed by atoms with van der Waals surface area (Å²) >= 11 is 3.41. The number of aromatic nitrogens is 2. The average molecular weight is 282 g/mol. The van der Waals surface area contributed by atoms with Gasteiger partial charge in [-0.1, -0.05) is 6.07 Å². The predicted molar refractivity (Wildman–Crippen MR) is 67.3 cm³/mol. The first-order valence-electron chi connectivity index (χ1n) is 4.75. The largest absolute Gasteiger partial charge is 0.496 e. The molecule has 1 aromatic carbocycles. The molecule has 0 fully saturated rings. The van der Waals surface area contributed by atoms with Crippen LogP contribution in [0.25, 0.3) is 11.3 Å².